The van der Waals surface area contributed by atoms with Crippen LogP contribution in [0.5, 0.6) is 0 Å². The largest absolute Gasteiger partial charge is 0.322 e. The number of hydrogen-bond donors (Lipinski definition) is 1. The monoisotopic (exact) mass is 341 g/mol. The number of anilines is 1. The minimum Gasteiger partial charge on any atom is -0.322 e. The molecule has 2 rings (SSSR count). The topological polar surface area (TPSA) is 29.1 Å². The molecule has 0 bridgehead atoms. The van der Waals surface area contributed by atoms with Gasteiger partial charge in [-0.3, -0.25) is 4.79 Å². The molecule has 1 N–H and O–H groups in total. The van der Waals surface area contributed by atoms with Gasteiger partial charge in [0.1, 0.15) is 5.82 Å². The maximum absolute atomic E-state index is 13.3. The van der Waals surface area contributed by atoms with Crippen LogP contribution in [0.3, 0.4) is 0 Å². The molecule has 0 aliphatic rings. The van der Waals surface area contributed by atoms with E-state index in [-0.39, 0.29) is 16.5 Å². The summed E-state index contributed by atoms with van der Waals surface area (Å²) in [6.45, 7) is 1.95. The van der Waals surface area contributed by atoms with E-state index < -0.39 is 5.82 Å². The zero-order valence-corrected chi connectivity index (χ0v) is 12.3. The first-order valence-corrected chi connectivity index (χ1v) is 6.67. The summed E-state index contributed by atoms with van der Waals surface area (Å²) in [5.41, 5.74) is 1.92. The molecular weight excluding hydrogens is 333 g/mol. The molecule has 98 valence electrons. The van der Waals surface area contributed by atoms with Crippen LogP contribution in [0.1, 0.15) is 15.9 Å². The molecule has 0 aliphatic heterocycles. The van der Waals surface area contributed by atoms with E-state index in [0.29, 0.717) is 5.69 Å². The highest BCUT2D eigenvalue weighted by Crippen LogP contribution is 2.22. The molecule has 0 atom stereocenters. The van der Waals surface area contributed by atoms with E-state index in [0.717, 1.165) is 16.1 Å². The van der Waals surface area contributed by atoms with Crippen molar-refractivity contribution < 1.29 is 9.18 Å². The van der Waals surface area contributed by atoms with E-state index in [9.17, 15) is 9.18 Å². The smallest absolute Gasteiger partial charge is 0.255 e. The second-order valence-electron chi connectivity index (χ2n) is 4.05. The molecule has 0 aliphatic carbocycles. The van der Waals surface area contributed by atoms with Gasteiger partial charge in [0.25, 0.3) is 5.91 Å². The Bertz CT molecular complexity index is 645. The number of carbonyl (C=O) groups is 1. The highest BCUT2D eigenvalue weighted by Gasteiger charge is 2.09. The number of hydrogen-bond acceptors (Lipinski definition) is 1. The van der Waals surface area contributed by atoms with Crippen molar-refractivity contribution in [3.63, 3.8) is 0 Å². The van der Waals surface area contributed by atoms with Gasteiger partial charge in [-0.25, -0.2) is 4.39 Å². The lowest BCUT2D eigenvalue weighted by atomic mass is 10.2. The van der Waals surface area contributed by atoms with Crippen molar-refractivity contribution in [2.75, 3.05) is 5.32 Å². The van der Waals surface area contributed by atoms with E-state index in [1.165, 1.54) is 12.1 Å². The third-order valence-corrected chi connectivity index (χ3v) is 3.77. The number of halogens is 3. The molecule has 5 heteroatoms. The number of benzene rings is 2. The van der Waals surface area contributed by atoms with Crippen LogP contribution in [0.4, 0.5) is 10.1 Å². The van der Waals surface area contributed by atoms with Gasteiger partial charge in [-0.15, -0.1) is 0 Å². The van der Waals surface area contributed by atoms with Crippen LogP contribution >= 0.6 is 27.5 Å². The van der Waals surface area contributed by atoms with Crippen LogP contribution in [0.2, 0.25) is 5.02 Å². The molecule has 0 unspecified atom stereocenters. The Hall–Kier alpha value is -1.39. The predicted octanol–water partition coefficient (Wildman–Crippen LogP) is 4.80. The molecule has 0 saturated heterocycles. The lowest BCUT2D eigenvalue weighted by molar-refractivity contribution is 0.102. The Balaban J connectivity index is 2.20. The fourth-order valence-electron chi connectivity index (χ4n) is 1.51. The van der Waals surface area contributed by atoms with Gasteiger partial charge in [-0.1, -0.05) is 33.6 Å². The zero-order valence-electron chi connectivity index (χ0n) is 10.0. The second-order valence-corrected chi connectivity index (χ2v) is 5.31. The molecular formula is C14H10BrClFNO. The van der Waals surface area contributed by atoms with Crippen molar-refractivity contribution in [2.24, 2.45) is 0 Å². The van der Waals surface area contributed by atoms with E-state index in [2.05, 4.69) is 21.2 Å². The summed E-state index contributed by atoms with van der Waals surface area (Å²) in [6.07, 6.45) is 0. The number of aryl methyl sites for hydroxylation is 1. The van der Waals surface area contributed by atoms with E-state index in [1.54, 1.807) is 12.1 Å². The van der Waals surface area contributed by atoms with Crippen molar-refractivity contribution in [3.05, 3.63) is 62.8 Å². The predicted molar refractivity (Wildman–Crippen MR) is 78.2 cm³/mol. The molecule has 0 radical (unpaired) electrons. The first-order chi connectivity index (χ1) is 8.97. The van der Waals surface area contributed by atoms with E-state index in [1.807, 2.05) is 13.0 Å². The number of amides is 1. The fourth-order valence-corrected chi connectivity index (χ4v) is 2.01. The van der Waals surface area contributed by atoms with E-state index >= 15 is 0 Å². The third-order valence-electron chi connectivity index (χ3n) is 2.61. The summed E-state index contributed by atoms with van der Waals surface area (Å²) < 4.78 is 14.2. The average Bonchev–Trinajstić information content (AvgIpc) is 2.37. The molecule has 0 aromatic heterocycles. The number of carbonyl (C=O) groups excluding carboxylic acids is 1. The summed E-state index contributed by atoms with van der Waals surface area (Å²) in [5, 5.41) is 2.69. The molecule has 0 heterocycles. The maximum Gasteiger partial charge on any atom is 0.255 e. The van der Waals surface area contributed by atoms with Gasteiger partial charge < -0.3 is 5.32 Å². The highest BCUT2D eigenvalue weighted by atomic mass is 79.9. The summed E-state index contributed by atoms with van der Waals surface area (Å²) in [5.74, 6) is -0.995. The SMILES string of the molecule is Cc1ccc(NC(=O)c2ccc(Cl)c(F)c2)cc1Br. The quantitative estimate of drug-likeness (QED) is 0.834. The molecule has 2 aromatic carbocycles. The number of nitrogens with one attached hydrogen (secondary N) is 1. The van der Waals surface area contributed by atoms with Crippen molar-refractivity contribution in [1.29, 1.82) is 0 Å². The molecule has 0 spiro atoms. The van der Waals surface area contributed by atoms with Crippen LogP contribution in [-0.4, -0.2) is 5.91 Å². The molecule has 0 fully saturated rings. The Morgan fingerprint density at radius 3 is 2.63 bits per heavy atom. The van der Waals surface area contributed by atoms with Crippen molar-refractivity contribution >= 4 is 39.1 Å². The van der Waals surface area contributed by atoms with Gasteiger partial charge >= 0.3 is 0 Å². The van der Waals surface area contributed by atoms with Gasteiger partial charge in [0, 0.05) is 15.7 Å². The first kappa shape index (κ1) is 14.0. The Morgan fingerprint density at radius 1 is 1.26 bits per heavy atom. The normalized spacial score (nSPS) is 10.3. The second kappa shape index (κ2) is 5.72. The molecule has 19 heavy (non-hydrogen) atoms. The zero-order chi connectivity index (χ0) is 14.0. The van der Waals surface area contributed by atoms with Gasteiger partial charge in [-0.2, -0.15) is 0 Å². The van der Waals surface area contributed by atoms with Crippen LogP contribution in [0.25, 0.3) is 0 Å². The minimum absolute atomic E-state index is 0.00497. The van der Waals surface area contributed by atoms with Crippen molar-refractivity contribution in [1.82, 2.24) is 0 Å². The van der Waals surface area contributed by atoms with Gasteiger partial charge in [-0.05, 0) is 42.8 Å². The summed E-state index contributed by atoms with van der Waals surface area (Å²) in [6, 6.07) is 9.40. The van der Waals surface area contributed by atoms with Crippen molar-refractivity contribution in [2.45, 2.75) is 6.92 Å². The van der Waals surface area contributed by atoms with Gasteiger partial charge in [0.05, 0.1) is 5.02 Å². The molecule has 2 nitrogen and oxygen atoms in total. The highest BCUT2D eigenvalue weighted by molar-refractivity contribution is 9.10. The van der Waals surface area contributed by atoms with Crippen LogP contribution < -0.4 is 5.32 Å². The van der Waals surface area contributed by atoms with Gasteiger partial charge in [0.2, 0.25) is 0 Å². The summed E-state index contributed by atoms with van der Waals surface area (Å²) >= 11 is 8.96. The Labute approximate surface area is 123 Å². The van der Waals surface area contributed by atoms with Gasteiger partial charge in [0.15, 0.2) is 0 Å². The minimum atomic E-state index is -0.612. The lowest BCUT2D eigenvalue weighted by Gasteiger charge is -2.07. The summed E-state index contributed by atoms with van der Waals surface area (Å²) in [4.78, 5) is 11.9. The average molecular weight is 343 g/mol. The van der Waals surface area contributed by atoms with Crippen molar-refractivity contribution in [3.8, 4) is 0 Å². The van der Waals surface area contributed by atoms with E-state index in [4.69, 9.17) is 11.6 Å². The maximum atomic E-state index is 13.3. The molecule has 2 aromatic rings. The van der Waals surface area contributed by atoms with Crippen LogP contribution in [0, 0.1) is 12.7 Å². The molecule has 1 amide bonds. The lowest BCUT2D eigenvalue weighted by Crippen LogP contribution is -2.12. The fraction of sp³-hybridized carbons (Fsp3) is 0.0714. The Kier molecular flexibility index (Phi) is 4.22. The Morgan fingerprint density at radius 2 is 2.00 bits per heavy atom. The first-order valence-electron chi connectivity index (χ1n) is 5.50. The number of rotatable bonds is 2. The standard InChI is InChI=1S/C14H10BrClFNO/c1-8-2-4-10(7-11(8)15)18-14(19)9-3-5-12(16)13(17)6-9/h2-7H,1H3,(H,18,19). The third kappa shape index (κ3) is 3.33. The van der Waals surface area contributed by atoms with Crippen LogP contribution in [0.15, 0.2) is 40.9 Å². The molecule has 0 saturated carbocycles. The summed E-state index contributed by atoms with van der Waals surface area (Å²) in [7, 11) is 0. The van der Waals surface area contributed by atoms with Crippen LogP contribution in [-0.2, 0) is 0 Å².